The van der Waals surface area contributed by atoms with Crippen molar-refractivity contribution in [1.82, 2.24) is 0 Å². The van der Waals surface area contributed by atoms with Crippen LogP contribution < -0.4 is 5.32 Å². The molecule has 1 aliphatic rings. The van der Waals surface area contributed by atoms with Crippen LogP contribution in [-0.4, -0.2) is 5.91 Å². The van der Waals surface area contributed by atoms with Gasteiger partial charge in [0.2, 0.25) is 5.91 Å². The van der Waals surface area contributed by atoms with Crippen LogP contribution in [0.25, 0.3) is 10.8 Å². The number of hydrogen-bond donors (Lipinski definition) is 1. The molecule has 3 aromatic rings. The average Bonchev–Trinajstić information content (AvgIpc) is 2.60. The lowest BCUT2D eigenvalue weighted by atomic mass is 9.81. The van der Waals surface area contributed by atoms with Crippen molar-refractivity contribution in [2.75, 3.05) is 5.32 Å². The van der Waals surface area contributed by atoms with Gasteiger partial charge in [-0.2, -0.15) is 0 Å². The molecule has 1 unspecified atom stereocenters. The molecule has 0 bridgehead atoms. The third-order valence-electron chi connectivity index (χ3n) is 5.04. The zero-order valence-electron chi connectivity index (χ0n) is 14.6. The third kappa shape index (κ3) is 2.66. The maximum atomic E-state index is 15.1. The summed E-state index contributed by atoms with van der Waals surface area (Å²) in [5, 5.41) is 4.86. The van der Waals surface area contributed by atoms with Crippen molar-refractivity contribution >= 4 is 22.4 Å². The maximum Gasteiger partial charge on any atom is 0.225 e. The second kappa shape index (κ2) is 5.90. The molecule has 0 saturated carbocycles. The van der Waals surface area contributed by atoms with E-state index in [4.69, 9.17) is 0 Å². The van der Waals surface area contributed by atoms with Crippen LogP contribution in [0.2, 0.25) is 0 Å². The SMILES string of the molecule is CC(C)(F)c1cccc(C2CC(=O)Nc3c2ccc2ccccc32)c1F. The molecule has 1 aliphatic heterocycles. The minimum atomic E-state index is -1.79. The Morgan fingerprint density at radius 2 is 1.77 bits per heavy atom. The molecule has 1 amide bonds. The Labute approximate surface area is 150 Å². The molecular formula is C22H19F2NO. The van der Waals surface area contributed by atoms with E-state index in [-0.39, 0.29) is 17.9 Å². The predicted molar refractivity (Wildman–Crippen MR) is 99.6 cm³/mol. The summed E-state index contributed by atoms with van der Waals surface area (Å²) in [5.41, 5.74) is 0.163. The summed E-state index contributed by atoms with van der Waals surface area (Å²) in [7, 11) is 0. The van der Waals surface area contributed by atoms with Gasteiger partial charge in [-0.05, 0) is 30.4 Å². The number of carbonyl (C=O) groups excluding carboxylic acids is 1. The summed E-state index contributed by atoms with van der Waals surface area (Å²) in [6.07, 6.45) is 0.137. The highest BCUT2D eigenvalue weighted by molar-refractivity contribution is 6.06. The van der Waals surface area contributed by atoms with E-state index < -0.39 is 17.4 Å². The highest BCUT2D eigenvalue weighted by Gasteiger charge is 2.32. The predicted octanol–water partition coefficient (Wildman–Crippen LogP) is 5.66. The molecule has 0 saturated heterocycles. The van der Waals surface area contributed by atoms with E-state index in [1.165, 1.54) is 19.9 Å². The maximum absolute atomic E-state index is 15.1. The van der Waals surface area contributed by atoms with Crippen LogP contribution in [0.1, 0.15) is 42.9 Å². The van der Waals surface area contributed by atoms with Crippen LogP contribution in [0.4, 0.5) is 14.5 Å². The number of benzene rings is 3. The zero-order chi connectivity index (χ0) is 18.5. The number of fused-ring (bicyclic) bond motifs is 3. The molecule has 3 aromatic carbocycles. The quantitative estimate of drug-likeness (QED) is 0.634. The fourth-order valence-corrected chi connectivity index (χ4v) is 3.76. The number of hydrogen-bond acceptors (Lipinski definition) is 1. The molecule has 0 fully saturated rings. The molecule has 2 nitrogen and oxygen atoms in total. The number of halogens is 2. The smallest absolute Gasteiger partial charge is 0.225 e. The number of amides is 1. The highest BCUT2D eigenvalue weighted by Crippen LogP contribution is 2.43. The normalized spacial score (nSPS) is 17.1. The van der Waals surface area contributed by atoms with Gasteiger partial charge in [-0.15, -0.1) is 0 Å². The molecular weight excluding hydrogens is 332 g/mol. The van der Waals surface area contributed by atoms with E-state index in [0.717, 1.165) is 16.3 Å². The summed E-state index contributed by atoms with van der Waals surface area (Å²) < 4.78 is 29.5. The monoisotopic (exact) mass is 351 g/mol. The molecule has 0 spiro atoms. The Bertz CT molecular complexity index is 1020. The van der Waals surface area contributed by atoms with Gasteiger partial charge in [-0.25, -0.2) is 8.78 Å². The van der Waals surface area contributed by atoms with E-state index in [0.29, 0.717) is 11.3 Å². The van der Waals surface area contributed by atoms with Crippen LogP contribution in [0.3, 0.4) is 0 Å². The van der Waals surface area contributed by atoms with Gasteiger partial charge in [0.25, 0.3) is 0 Å². The second-order valence-corrected chi connectivity index (χ2v) is 7.24. The summed E-state index contributed by atoms with van der Waals surface area (Å²) in [6.45, 7) is 2.68. The summed E-state index contributed by atoms with van der Waals surface area (Å²) in [5.74, 6) is -1.17. The van der Waals surface area contributed by atoms with Gasteiger partial charge in [0.15, 0.2) is 0 Å². The summed E-state index contributed by atoms with van der Waals surface area (Å²) >= 11 is 0. The Hall–Kier alpha value is -2.75. The molecule has 26 heavy (non-hydrogen) atoms. The molecule has 1 heterocycles. The van der Waals surface area contributed by atoms with Crippen LogP contribution >= 0.6 is 0 Å². The highest BCUT2D eigenvalue weighted by atomic mass is 19.1. The molecule has 0 aromatic heterocycles. The average molecular weight is 351 g/mol. The van der Waals surface area contributed by atoms with Crippen molar-refractivity contribution in [3.05, 3.63) is 77.1 Å². The Kier molecular flexibility index (Phi) is 3.79. The van der Waals surface area contributed by atoms with Gasteiger partial charge in [0.05, 0.1) is 5.69 Å². The van der Waals surface area contributed by atoms with Crippen molar-refractivity contribution in [3.63, 3.8) is 0 Å². The molecule has 1 atom stereocenters. The van der Waals surface area contributed by atoms with Gasteiger partial charge in [-0.3, -0.25) is 4.79 Å². The number of rotatable bonds is 2. The number of nitrogens with one attached hydrogen (secondary N) is 1. The first-order chi connectivity index (χ1) is 12.4. The van der Waals surface area contributed by atoms with Crippen LogP contribution in [0, 0.1) is 5.82 Å². The Morgan fingerprint density at radius 3 is 2.54 bits per heavy atom. The minimum absolute atomic E-state index is 0.0170. The van der Waals surface area contributed by atoms with Gasteiger partial charge < -0.3 is 5.32 Å². The van der Waals surface area contributed by atoms with Crippen molar-refractivity contribution in [2.24, 2.45) is 0 Å². The van der Waals surface area contributed by atoms with Crippen LogP contribution in [-0.2, 0) is 10.5 Å². The van der Waals surface area contributed by atoms with Crippen LogP contribution in [0.5, 0.6) is 0 Å². The van der Waals surface area contributed by atoms with Gasteiger partial charge >= 0.3 is 0 Å². The van der Waals surface area contributed by atoms with E-state index in [1.807, 2.05) is 36.4 Å². The second-order valence-electron chi connectivity index (χ2n) is 7.24. The molecule has 1 N–H and O–H groups in total. The van der Waals surface area contributed by atoms with Gasteiger partial charge in [0.1, 0.15) is 11.5 Å². The minimum Gasteiger partial charge on any atom is -0.325 e. The lowest BCUT2D eigenvalue weighted by molar-refractivity contribution is -0.116. The van der Waals surface area contributed by atoms with Crippen molar-refractivity contribution in [1.29, 1.82) is 0 Å². The van der Waals surface area contributed by atoms with E-state index in [2.05, 4.69) is 5.32 Å². The molecule has 0 aliphatic carbocycles. The fourth-order valence-electron chi connectivity index (χ4n) is 3.76. The van der Waals surface area contributed by atoms with Gasteiger partial charge in [0, 0.05) is 23.3 Å². The molecule has 4 rings (SSSR count). The number of carbonyl (C=O) groups is 1. The first kappa shape index (κ1) is 16.7. The van der Waals surface area contributed by atoms with Crippen molar-refractivity contribution in [3.8, 4) is 0 Å². The largest absolute Gasteiger partial charge is 0.325 e. The lowest BCUT2D eigenvalue weighted by Crippen LogP contribution is -2.25. The Balaban J connectivity index is 1.93. The zero-order valence-corrected chi connectivity index (χ0v) is 14.6. The molecule has 4 heteroatoms. The van der Waals surface area contributed by atoms with Gasteiger partial charge in [-0.1, -0.05) is 54.6 Å². The lowest BCUT2D eigenvalue weighted by Gasteiger charge is -2.28. The van der Waals surface area contributed by atoms with Crippen molar-refractivity contribution < 1.29 is 13.6 Å². The molecule has 132 valence electrons. The van der Waals surface area contributed by atoms with E-state index >= 15 is 4.39 Å². The van der Waals surface area contributed by atoms with E-state index in [9.17, 15) is 9.18 Å². The third-order valence-corrected chi connectivity index (χ3v) is 5.04. The first-order valence-corrected chi connectivity index (χ1v) is 8.65. The standard InChI is InChI=1S/C22H19F2NO/c1-22(2,24)18-9-5-8-15(20(18)23)17-12-19(26)25-21-14-7-4-3-6-13(14)10-11-16(17)21/h3-11,17H,12H2,1-2H3,(H,25,26). The topological polar surface area (TPSA) is 29.1 Å². The van der Waals surface area contributed by atoms with E-state index in [1.54, 1.807) is 12.1 Å². The number of anilines is 1. The fraction of sp³-hybridized carbons (Fsp3) is 0.227. The molecule has 0 radical (unpaired) electrons. The number of alkyl halides is 1. The van der Waals surface area contributed by atoms with Crippen molar-refractivity contribution in [2.45, 2.75) is 31.9 Å². The Morgan fingerprint density at radius 1 is 1.00 bits per heavy atom. The summed E-state index contributed by atoms with van der Waals surface area (Å²) in [4.78, 5) is 12.3. The summed E-state index contributed by atoms with van der Waals surface area (Å²) in [6, 6.07) is 16.4. The van der Waals surface area contributed by atoms with Crippen LogP contribution in [0.15, 0.2) is 54.6 Å². The first-order valence-electron chi connectivity index (χ1n) is 8.65.